The molecule has 4 rings (SSSR count). The van der Waals surface area contributed by atoms with Gasteiger partial charge in [-0.2, -0.15) is 0 Å². The van der Waals surface area contributed by atoms with Gasteiger partial charge in [0.2, 0.25) is 5.91 Å². The predicted octanol–water partition coefficient (Wildman–Crippen LogP) is 5.95. The summed E-state index contributed by atoms with van der Waals surface area (Å²) >= 11 is 13.9. The molecule has 0 saturated heterocycles. The number of ether oxygens (including phenoxy) is 2. The number of carbonyl (C=O) groups is 2. The van der Waals surface area contributed by atoms with Gasteiger partial charge in [-0.1, -0.05) is 35.3 Å². The number of hydrogen-bond acceptors (Lipinski definition) is 5. The molecule has 0 N–H and O–H groups in total. The molecule has 1 saturated carbocycles. The maximum absolute atomic E-state index is 13.6. The molecule has 0 aliphatic heterocycles. The Hall–Kier alpha value is -2.74. The summed E-state index contributed by atoms with van der Waals surface area (Å²) in [4.78, 5) is 31.5. The molecule has 1 fully saturated rings. The molecule has 3 aromatic rings. The van der Waals surface area contributed by atoms with Crippen molar-refractivity contribution in [2.45, 2.75) is 31.8 Å². The highest BCUT2D eigenvalue weighted by atomic mass is 35.5. The van der Waals surface area contributed by atoms with E-state index in [4.69, 9.17) is 32.7 Å². The number of halogens is 2. The third-order valence-corrected chi connectivity index (χ3v) is 7.36. The lowest BCUT2D eigenvalue weighted by Gasteiger charge is -2.28. The third-order valence-electron chi connectivity index (χ3n) is 6.06. The standard InChI is InChI=1S/C27H28Cl2N2O4S/c1-34-24-8-5-18(12-25(24)35-2)9-10-30(16-23-4-3-11-36-23)26(32)17-31(22-6-7-22)27(33)19-13-20(28)15-21(29)14-19/h3-5,8,11-15,22H,6-7,9-10,16-17H2,1-2H3. The second kappa shape index (κ2) is 12.0. The summed E-state index contributed by atoms with van der Waals surface area (Å²) in [6, 6.07) is 14.6. The van der Waals surface area contributed by atoms with Crippen LogP contribution in [-0.2, 0) is 17.8 Å². The van der Waals surface area contributed by atoms with E-state index in [1.54, 1.807) is 48.7 Å². The summed E-state index contributed by atoms with van der Waals surface area (Å²) in [5, 5.41) is 2.78. The van der Waals surface area contributed by atoms with Crippen LogP contribution < -0.4 is 9.47 Å². The largest absolute Gasteiger partial charge is 0.493 e. The first-order chi connectivity index (χ1) is 17.4. The van der Waals surface area contributed by atoms with Gasteiger partial charge in [-0.25, -0.2) is 0 Å². The average molecular weight is 548 g/mol. The highest BCUT2D eigenvalue weighted by Gasteiger charge is 2.35. The number of rotatable bonds is 11. The second-order valence-electron chi connectivity index (χ2n) is 8.66. The lowest BCUT2D eigenvalue weighted by atomic mass is 10.1. The highest BCUT2D eigenvalue weighted by molar-refractivity contribution is 7.09. The molecule has 1 aliphatic rings. The minimum atomic E-state index is -0.230. The number of hydrogen-bond donors (Lipinski definition) is 0. The van der Waals surface area contributed by atoms with E-state index in [9.17, 15) is 9.59 Å². The molecule has 1 aromatic heterocycles. The van der Waals surface area contributed by atoms with Gasteiger partial charge < -0.3 is 19.3 Å². The maximum Gasteiger partial charge on any atom is 0.254 e. The summed E-state index contributed by atoms with van der Waals surface area (Å²) in [5.41, 5.74) is 1.42. The number of benzene rings is 2. The van der Waals surface area contributed by atoms with E-state index in [1.165, 1.54) is 0 Å². The molecule has 0 radical (unpaired) electrons. The van der Waals surface area contributed by atoms with Crippen LogP contribution in [0.1, 0.15) is 33.6 Å². The molecular formula is C27H28Cl2N2O4S. The molecule has 0 atom stereocenters. The minimum Gasteiger partial charge on any atom is -0.493 e. The molecule has 0 spiro atoms. The van der Waals surface area contributed by atoms with E-state index in [0.717, 1.165) is 23.3 Å². The second-order valence-corrected chi connectivity index (χ2v) is 10.6. The summed E-state index contributed by atoms with van der Waals surface area (Å²) in [6.07, 6.45) is 2.40. The topological polar surface area (TPSA) is 59.1 Å². The van der Waals surface area contributed by atoms with Crippen molar-refractivity contribution in [2.24, 2.45) is 0 Å². The Morgan fingerprint density at radius 3 is 2.33 bits per heavy atom. The minimum absolute atomic E-state index is 0.00490. The summed E-state index contributed by atoms with van der Waals surface area (Å²) in [6.45, 7) is 0.992. The zero-order chi connectivity index (χ0) is 25.7. The van der Waals surface area contributed by atoms with Crippen molar-refractivity contribution in [2.75, 3.05) is 27.3 Å². The Bertz CT molecular complexity index is 1190. The monoisotopic (exact) mass is 546 g/mol. The molecule has 2 amide bonds. The van der Waals surface area contributed by atoms with Gasteiger partial charge in [0.1, 0.15) is 6.54 Å². The first-order valence-electron chi connectivity index (χ1n) is 11.7. The molecule has 190 valence electrons. The predicted molar refractivity (Wildman–Crippen MR) is 144 cm³/mol. The lowest BCUT2D eigenvalue weighted by molar-refractivity contribution is -0.132. The molecule has 6 nitrogen and oxygen atoms in total. The fraction of sp³-hybridized carbons (Fsp3) is 0.333. The van der Waals surface area contributed by atoms with Crippen LogP contribution >= 0.6 is 34.5 Å². The van der Waals surface area contributed by atoms with Crippen LogP contribution in [0.15, 0.2) is 53.9 Å². The van der Waals surface area contributed by atoms with Gasteiger partial charge in [0.05, 0.1) is 20.8 Å². The molecule has 36 heavy (non-hydrogen) atoms. The van der Waals surface area contributed by atoms with Crippen molar-refractivity contribution >= 4 is 46.4 Å². The van der Waals surface area contributed by atoms with E-state index in [1.807, 2.05) is 40.6 Å². The van der Waals surface area contributed by atoms with Crippen LogP contribution in [0.5, 0.6) is 11.5 Å². The fourth-order valence-corrected chi connectivity index (χ4v) is 5.27. The van der Waals surface area contributed by atoms with Gasteiger partial charge in [-0.05, 0) is 66.6 Å². The molecule has 2 aromatic carbocycles. The Labute approximate surface area is 225 Å². The number of nitrogens with zero attached hydrogens (tertiary/aromatic N) is 2. The van der Waals surface area contributed by atoms with Gasteiger partial charge >= 0.3 is 0 Å². The zero-order valence-corrected chi connectivity index (χ0v) is 22.5. The lowest BCUT2D eigenvalue weighted by Crippen LogP contribution is -2.44. The van der Waals surface area contributed by atoms with E-state index < -0.39 is 0 Å². The first kappa shape index (κ1) is 26.3. The first-order valence-corrected chi connectivity index (χ1v) is 13.3. The Kier molecular flexibility index (Phi) is 8.77. The molecule has 0 unspecified atom stereocenters. The molecular weight excluding hydrogens is 519 g/mol. The molecule has 1 aliphatic carbocycles. The van der Waals surface area contributed by atoms with Crippen molar-refractivity contribution in [3.8, 4) is 11.5 Å². The number of carbonyl (C=O) groups excluding carboxylic acids is 2. The van der Waals surface area contributed by atoms with E-state index in [-0.39, 0.29) is 24.4 Å². The van der Waals surface area contributed by atoms with Crippen molar-refractivity contribution in [3.05, 3.63) is 80.0 Å². The van der Waals surface area contributed by atoms with E-state index in [0.29, 0.717) is 46.6 Å². The number of methoxy groups -OCH3 is 2. The molecule has 1 heterocycles. The van der Waals surface area contributed by atoms with Gasteiger partial charge in [-0.15, -0.1) is 11.3 Å². The van der Waals surface area contributed by atoms with Gasteiger partial charge in [0, 0.05) is 33.1 Å². The maximum atomic E-state index is 13.6. The summed E-state index contributed by atoms with van der Waals surface area (Å²) in [5.74, 6) is 0.979. The highest BCUT2D eigenvalue weighted by Crippen LogP contribution is 2.30. The Morgan fingerprint density at radius 2 is 1.72 bits per heavy atom. The normalized spacial score (nSPS) is 12.8. The average Bonchev–Trinajstić information content (AvgIpc) is 3.58. The van der Waals surface area contributed by atoms with Crippen LogP contribution in [0.25, 0.3) is 0 Å². The molecule has 0 bridgehead atoms. The van der Waals surface area contributed by atoms with Gasteiger partial charge in [0.25, 0.3) is 5.91 Å². The van der Waals surface area contributed by atoms with Crippen LogP contribution in [0.3, 0.4) is 0 Å². The van der Waals surface area contributed by atoms with Crippen molar-refractivity contribution in [3.63, 3.8) is 0 Å². The third kappa shape index (κ3) is 6.72. The van der Waals surface area contributed by atoms with E-state index >= 15 is 0 Å². The zero-order valence-electron chi connectivity index (χ0n) is 20.2. The summed E-state index contributed by atoms with van der Waals surface area (Å²) in [7, 11) is 3.20. The van der Waals surface area contributed by atoms with E-state index in [2.05, 4.69) is 0 Å². The van der Waals surface area contributed by atoms with Crippen molar-refractivity contribution < 1.29 is 19.1 Å². The Morgan fingerprint density at radius 1 is 1.00 bits per heavy atom. The molecule has 9 heteroatoms. The van der Waals surface area contributed by atoms with Gasteiger partial charge in [0.15, 0.2) is 11.5 Å². The summed E-state index contributed by atoms with van der Waals surface area (Å²) < 4.78 is 10.7. The fourth-order valence-electron chi connectivity index (χ4n) is 4.02. The van der Waals surface area contributed by atoms with Crippen LogP contribution in [0.4, 0.5) is 0 Å². The SMILES string of the molecule is COc1ccc(CCN(Cc2cccs2)C(=O)CN(C(=O)c2cc(Cl)cc(Cl)c2)C2CC2)cc1OC. The van der Waals surface area contributed by atoms with Crippen molar-refractivity contribution in [1.29, 1.82) is 0 Å². The smallest absolute Gasteiger partial charge is 0.254 e. The quantitative estimate of drug-likeness (QED) is 0.298. The van der Waals surface area contributed by atoms with Crippen LogP contribution in [0, 0.1) is 0 Å². The number of thiophene rings is 1. The number of amides is 2. The van der Waals surface area contributed by atoms with Crippen LogP contribution in [0.2, 0.25) is 10.0 Å². The Balaban J connectivity index is 1.50. The van der Waals surface area contributed by atoms with Crippen molar-refractivity contribution in [1.82, 2.24) is 9.80 Å². The van der Waals surface area contributed by atoms with Gasteiger partial charge in [-0.3, -0.25) is 9.59 Å². The van der Waals surface area contributed by atoms with Crippen LogP contribution in [-0.4, -0.2) is 55.0 Å².